The van der Waals surface area contributed by atoms with E-state index in [0.29, 0.717) is 0 Å². The standard InChI is InChI=1S/C94H58N4/c1-2-23-71(24-3-1)95-84-49-42-68(56-82(84)81-48-37-70(58-90(81)95)67-22-15-25-74(55-67)98-87-52-40-63-18-6-10-28-77(63)93(87)94-78-29-11-7-19-64(78)41-53-88(94)98)66-21-14-20-65(54-66)59-32-43-72(44-33-59)96-83-31-13-12-30-79(83)80-47-36-69(57-89(80)96)60-34-45-73(46-35-60)97-85-50-38-61-16-4-8-26-75(61)91(85)92-76-27-9-5-17-62(76)39-51-86(92)97/h1-58H. The Kier molecular flexibility index (Phi) is 11.8. The predicted octanol–water partition coefficient (Wildman–Crippen LogP) is 25.4. The Labute approximate surface area is 564 Å². The molecule has 0 unspecified atom stereocenters. The molecule has 21 rings (SSSR count). The van der Waals surface area contributed by atoms with Gasteiger partial charge in [-0.25, -0.2) is 0 Å². The molecule has 4 nitrogen and oxygen atoms in total. The van der Waals surface area contributed by atoms with E-state index in [-0.39, 0.29) is 0 Å². The van der Waals surface area contributed by atoms with Crippen molar-refractivity contribution >= 4 is 130 Å². The summed E-state index contributed by atoms with van der Waals surface area (Å²) in [7, 11) is 0. The zero-order chi connectivity index (χ0) is 64.1. The van der Waals surface area contributed by atoms with Gasteiger partial charge in [0.25, 0.3) is 0 Å². The van der Waals surface area contributed by atoms with Crippen molar-refractivity contribution in [2.75, 3.05) is 0 Å². The highest BCUT2D eigenvalue weighted by atomic mass is 15.0. The van der Waals surface area contributed by atoms with Gasteiger partial charge in [0.15, 0.2) is 0 Å². The molecule has 0 aliphatic rings. The first-order chi connectivity index (χ1) is 48.6. The van der Waals surface area contributed by atoms with Crippen molar-refractivity contribution in [3.63, 3.8) is 0 Å². The van der Waals surface area contributed by atoms with Crippen molar-refractivity contribution in [1.82, 2.24) is 18.3 Å². The van der Waals surface area contributed by atoms with Gasteiger partial charge in [-0.2, -0.15) is 0 Å². The SMILES string of the molecule is c1ccc(-n2c3ccc(-c4cccc(-c5ccc(-n6c7ccccc7c7ccc(-c8ccc(-n9c%10ccc%11ccccc%11c%10c%10c%11ccccc%11ccc%109)cc8)cc76)cc5)c4)cc3c3ccc(-c4cccc(-n5c6ccc7ccccc7c6c6c7ccccc7ccc65)c4)cc32)cc1. The molecule has 21 aromatic rings. The average molecular weight is 1240 g/mol. The van der Waals surface area contributed by atoms with Crippen molar-refractivity contribution in [1.29, 1.82) is 0 Å². The fourth-order valence-corrected chi connectivity index (χ4v) is 16.6. The van der Waals surface area contributed by atoms with Crippen LogP contribution in [0.5, 0.6) is 0 Å². The van der Waals surface area contributed by atoms with E-state index in [2.05, 4.69) is 370 Å². The van der Waals surface area contributed by atoms with Crippen molar-refractivity contribution in [3.8, 4) is 67.3 Å². The molecule has 0 fully saturated rings. The van der Waals surface area contributed by atoms with Gasteiger partial charge in [0.05, 0.1) is 44.1 Å². The summed E-state index contributed by atoms with van der Waals surface area (Å²) in [5.41, 5.74) is 23.4. The van der Waals surface area contributed by atoms with Gasteiger partial charge in [0.2, 0.25) is 0 Å². The first kappa shape index (κ1) is 54.4. The molecule has 4 heteroatoms. The van der Waals surface area contributed by atoms with E-state index in [4.69, 9.17) is 0 Å². The smallest absolute Gasteiger partial charge is 0.0547 e. The summed E-state index contributed by atoms with van der Waals surface area (Å²) in [6.07, 6.45) is 0. The maximum absolute atomic E-state index is 2.47. The Hall–Kier alpha value is -13.0. The topological polar surface area (TPSA) is 19.7 Å². The lowest BCUT2D eigenvalue weighted by Gasteiger charge is -2.12. The van der Waals surface area contributed by atoms with Crippen LogP contribution in [0, 0.1) is 0 Å². The molecular formula is C94H58N4. The van der Waals surface area contributed by atoms with Crippen molar-refractivity contribution < 1.29 is 0 Å². The van der Waals surface area contributed by atoms with Gasteiger partial charge in [-0.3, -0.25) is 0 Å². The number of benzene rings is 17. The van der Waals surface area contributed by atoms with Crippen LogP contribution in [0.25, 0.3) is 198 Å². The summed E-state index contributed by atoms with van der Waals surface area (Å²) < 4.78 is 9.79. The van der Waals surface area contributed by atoms with E-state index in [1.807, 2.05) is 0 Å². The third-order valence-corrected chi connectivity index (χ3v) is 21.1. The van der Waals surface area contributed by atoms with Gasteiger partial charge >= 0.3 is 0 Å². The van der Waals surface area contributed by atoms with Crippen LogP contribution in [0.3, 0.4) is 0 Å². The molecule has 0 aliphatic heterocycles. The quantitative estimate of drug-likeness (QED) is 0.144. The van der Waals surface area contributed by atoms with Crippen LogP contribution in [0.1, 0.15) is 0 Å². The lowest BCUT2D eigenvalue weighted by atomic mass is 9.97. The lowest BCUT2D eigenvalue weighted by Crippen LogP contribution is -1.95. The molecule has 0 N–H and O–H groups in total. The number of rotatable bonds is 8. The summed E-state index contributed by atoms with van der Waals surface area (Å²) >= 11 is 0. The van der Waals surface area contributed by atoms with Crippen LogP contribution in [0.15, 0.2) is 352 Å². The third kappa shape index (κ3) is 8.19. The van der Waals surface area contributed by atoms with Crippen LogP contribution >= 0.6 is 0 Å². The Morgan fingerprint density at radius 2 is 0.439 bits per heavy atom. The number of nitrogens with zero attached hydrogens (tertiary/aromatic N) is 4. The van der Waals surface area contributed by atoms with E-state index >= 15 is 0 Å². The first-order valence-corrected chi connectivity index (χ1v) is 33.9. The molecule has 0 aliphatic carbocycles. The molecule has 0 bridgehead atoms. The molecule has 17 aromatic carbocycles. The van der Waals surface area contributed by atoms with Gasteiger partial charge in [0.1, 0.15) is 0 Å². The van der Waals surface area contributed by atoms with Crippen LogP contribution in [-0.4, -0.2) is 18.3 Å². The van der Waals surface area contributed by atoms with Crippen LogP contribution in [-0.2, 0) is 0 Å². The summed E-state index contributed by atoms with van der Waals surface area (Å²) in [4.78, 5) is 0. The Balaban J connectivity index is 0.618. The van der Waals surface area contributed by atoms with E-state index in [1.54, 1.807) is 0 Å². The minimum Gasteiger partial charge on any atom is -0.309 e. The molecule has 0 amide bonds. The van der Waals surface area contributed by atoms with Crippen LogP contribution < -0.4 is 0 Å². The summed E-state index contributed by atoms with van der Waals surface area (Å²) in [6, 6.07) is 131. The Bertz CT molecular complexity index is 6710. The summed E-state index contributed by atoms with van der Waals surface area (Å²) in [5, 5.41) is 20.2. The fraction of sp³-hybridized carbons (Fsp3) is 0. The van der Waals surface area contributed by atoms with Crippen molar-refractivity contribution in [2.24, 2.45) is 0 Å². The molecule has 98 heavy (non-hydrogen) atoms. The highest BCUT2D eigenvalue weighted by molar-refractivity contribution is 6.30. The van der Waals surface area contributed by atoms with Gasteiger partial charge in [0, 0.05) is 65.8 Å². The minimum atomic E-state index is 1.12. The normalized spacial score (nSPS) is 12.1. The summed E-state index contributed by atoms with van der Waals surface area (Å²) in [5.74, 6) is 0. The van der Waals surface area contributed by atoms with E-state index < -0.39 is 0 Å². The highest BCUT2D eigenvalue weighted by Gasteiger charge is 2.22. The molecule has 0 saturated heterocycles. The molecule has 4 heterocycles. The van der Waals surface area contributed by atoms with Gasteiger partial charge in [-0.15, -0.1) is 0 Å². The Morgan fingerprint density at radius 1 is 0.133 bits per heavy atom. The number of aromatic nitrogens is 4. The van der Waals surface area contributed by atoms with E-state index in [0.717, 1.165) is 22.7 Å². The second-order valence-corrected chi connectivity index (χ2v) is 26.3. The van der Waals surface area contributed by atoms with Gasteiger partial charge < -0.3 is 18.3 Å². The maximum atomic E-state index is 2.47. The Morgan fingerprint density at radius 3 is 0.949 bits per heavy atom. The van der Waals surface area contributed by atoms with Gasteiger partial charge in [-0.1, -0.05) is 243 Å². The van der Waals surface area contributed by atoms with Crippen molar-refractivity contribution in [2.45, 2.75) is 0 Å². The van der Waals surface area contributed by atoms with Gasteiger partial charge in [-0.05, 0) is 197 Å². The predicted molar refractivity (Wildman–Crippen MR) is 416 cm³/mol. The molecular weight excluding hydrogens is 1190 g/mol. The zero-order valence-corrected chi connectivity index (χ0v) is 53.3. The average Bonchev–Trinajstić information content (AvgIpc) is 1.58. The van der Waals surface area contributed by atoms with Crippen LogP contribution in [0.2, 0.25) is 0 Å². The lowest BCUT2D eigenvalue weighted by molar-refractivity contribution is 1.18. The number of hydrogen-bond donors (Lipinski definition) is 0. The highest BCUT2D eigenvalue weighted by Crippen LogP contribution is 2.45. The maximum Gasteiger partial charge on any atom is 0.0547 e. The largest absolute Gasteiger partial charge is 0.309 e. The fourth-order valence-electron chi connectivity index (χ4n) is 16.6. The first-order valence-electron chi connectivity index (χ1n) is 33.9. The molecule has 454 valence electrons. The monoisotopic (exact) mass is 1240 g/mol. The van der Waals surface area contributed by atoms with E-state index in [1.165, 1.54) is 175 Å². The molecule has 0 radical (unpaired) electrons. The number of hydrogen-bond acceptors (Lipinski definition) is 0. The minimum absolute atomic E-state index is 1.12. The zero-order valence-electron chi connectivity index (χ0n) is 53.3. The second kappa shape index (κ2) is 21.2. The number of para-hydroxylation sites is 2. The molecule has 0 atom stereocenters. The van der Waals surface area contributed by atoms with Crippen molar-refractivity contribution in [3.05, 3.63) is 352 Å². The molecule has 0 spiro atoms. The van der Waals surface area contributed by atoms with Crippen LogP contribution in [0.4, 0.5) is 0 Å². The number of fused-ring (bicyclic) bond motifs is 20. The molecule has 4 aromatic heterocycles. The summed E-state index contributed by atoms with van der Waals surface area (Å²) in [6.45, 7) is 0. The van der Waals surface area contributed by atoms with E-state index in [9.17, 15) is 0 Å². The second-order valence-electron chi connectivity index (χ2n) is 26.3. The molecule has 0 saturated carbocycles. The third-order valence-electron chi connectivity index (χ3n) is 21.1.